The number of aromatic nitrogens is 2. The second-order valence-electron chi connectivity index (χ2n) is 9.60. The SMILES string of the molecule is CCOC(=O)C1n2c(c(-c3ccccc3)c(Cc3cccc4ccccc34)nc2=O)SC12CCCC2. The van der Waals surface area contributed by atoms with E-state index in [1.165, 1.54) is 0 Å². The van der Waals surface area contributed by atoms with E-state index in [9.17, 15) is 9.59 Å². The number of fused-ring (bicyclic) bond motifs is 2. The Labute approximate surface area is 214 Å². The third-order valence-electron chi connectivity index (χ3n) is 7.47. The number of carbonyl (C=O) groups is 1. The molecule has 1 spiro atoms. The summed E-state index contributed by atoms with van der Waals surface area (Å²) in [5, 5.41) is 3.16. The zero-order chi connectivity index (χ0) is 24.7. The maximum atomic E-state index is 13.7. The number of rotatable bonds is 5. The minimum atomic E-state index is -0.644. The number of hydrogen-bond acceptors (Lipinski definition) is 5. The molecule has 6 rings (SSSR count). The van der Waals surface area contributed by atoms with Crippen molar-refractivity contribution >= 4 is 28.5 Å². The topological polar surface area (TPSA) is 61.2 Å². The standard InChI is InChI=1S/C30H28N2O3S/c1-2-35-28(33)26-30(17-8-9-18-30)36-27-25(21-12-4-3-5-13-21)24(31-29(34)32(26)27)19-22-15-10-14-20-11-6-7-16-23(20)22/h3-7,10-16,26H,2,8-9,17-19H2,1H3. The number of ether oxygens (including phenoxy) is 1. The molecule has 1 saturated carbocycles. The molecule has 2 aliphatic rings. The predicted molar refractivity (Wildman–Crippen MR) is 143 cm³/mol. The summed E-state index contributed by atoms with van der Waals surface area (Å²) in [6, 6.07) is 24.0. The van der Waals surface area contributed by atoms with Crippen LogP contribution in [0.4, 0.5) is 0 Å². The monoisotopic (exact) mass is 496 g/mol. The fourth-order valence-corrected chi connectivity index (χ4v) is 7.72. The molecule has 0 radical (unpaired) electrons. The third-order valence-corrected chi connectivity index (χ3v) is 9.11. The summed E-state index contributed by atoms with van der Waals surface area (Å²) < 4.78 is 6.79. The summed E-state index contributed by atoms with van der Waals surface area (Å²) in [6.45, 7) is 2.10. The largest absolute Gasteiger partial charge is 0.464 e. The fraction of sp³-hybridized carbons (Fsp3) is 0.300. The van der Waals surface area contributed by atoms with E-state index >= 15 is 0 Å². The normalized spacial score (nSPS) is 18.0. The summed E-state index contributed by atoms with van der Waals surface area (Å²) in [7, 11) is 0. The van der Waals surface area contributed by atoms with E-state index in [0.29, 0.717) is 6.42 Å². The van der Waals surface area contributed by atoms with Gasteiger partial charge in [0.1, 0.15) is 0 Å². The number of esters is 1. The van der Waals surface area contributed by atoms with Gasteiger partial charge in [-0.1, -0.05) is 97.4 Å². The molecule has 5 nitrogen and oxygen atoms in total. The highest BCUT2D eigenvalue weighted by atomic mass is 32.2. The van der Waals surface area contributed by atoms with E-state index in [-0.39, 0.29) is 23.0 Å². The minimum absolute atomic E-state index is 0.290. The van der Waals surface area contributed by atoms with Crippen molar-refractivity contribution < 1.29 is 9.53 Å². The Balaban J connectivity index is 1.58. The molecule has 0 bridgehead atoms. The van der Waals surface area contributed by atoms with Crippen LogP contribution in [-0.4, -0.2) is 26.9 Å². The Morgan fingerprint density at radius 1 is 1.03 bits per heavy atom. The highest BCUT2D eigenvalue weighted by molar-refractivity contribution is 8.01. The minimum Gasteiger partial charge on any atom is -0.464 e. The molecule has 4 aromatic rings. The van der Waals surface area contributed by atoms with Crippen LogP contribution in [0, 0.1) is 0 Å². The molecule has 1 aliphatic carbocycles. The Morgan fingerprint density at radius 3 is 2.53 bits per heavy atom. The lowest BCUT2D eigenvalue weighted by atomic mass is 9.95. The van der Waals surface area contributed by atoms with Crippen molar-refractivity contribution in [2.45, 2.75) is 54.8 Å². The van der Waals surface area contributed by atoms with Gasteiger partial charge in [-0.25, -0.2) is 9.59 Å². The van der Waals surface area contributed by atoms with Gasteiger partial charge in [-0.05, 0) is 41.7 Å². The average molecular weight is 497 g/mol. The predicted octanol–water partition coefficient (Wildman–Crippen LogP) is 6.18. The smallest absolute Gasteiger partial charge is 0.349 e. The van der Waals surface area contributed by atoms with Gasteiger partial charge in [0.15, 0.2) is 6.04 Å². The first-order valence-corrected chi connectivity index (χ1v) is 13.5. The van der Waals surface area contributed by atoms with Gasteiger partial charge < -0.3 is 4.74 Å². The molecule has 6 heteroatoms. The highest BCUT2D eigenvalue weighted by Crippen LogP contribution is 2.59. The number of nitrogens with zero attached hydrogens (tertiary/aromatic N) is 2. The van der Waals surface area contributed by atoms with Crippen LogP contribution in [0.3, 0.4) is 0 Å². The van der Waals surface area contributed by atoms with Gasteiger partial charge in [0, 0.05) is 12.0 Å². The maximum Gasteiger partial charge on any atom is 0.349 e. The zero-order valence-electron chi connectivity index (χ0n) is 20.3. The second kappa shape index (κ2) is 9.25. The fourth-order valence-electron chi connectivity index (χ4n) is 5.91. The molecule has 2 heterocycles. The number of thioether (sulfide) groups is 1. The van der Waals surface area contributed by atoms with Crippen LogP contribution in [-0.2, 0) is 16.0 Å². The van der Waals surface area contributed by atoms with E-state index in [1.54, 1.807) is 16.3 Å². The van der Waals surface area contributed by atoms with Crippen LogP contribution in [0.5, 0.6) is 0 Å². The number of carbonyl (C=O) groups excluding carboxylic acids is 1. The van der Waals surface area contributed by atoms with Gasteiger partial charge in [-0.15, -0.1) is 0 Å². The maximum absolute atomic E-state index is 13.7. The van der Waals surface area contributed by atoms with Crippen LogP contribution in [0.1, 0.15) is 49.9 Å². The Morgan fingerprint density at radius 2 is 1.75 bits per heavy atom. The average Bonchev–Trinajstić information content (AvgIpc) is 3.50. The van der Waals surface area contributed by atoms with E-state index in [1.807, 2.05) is 37.3 Å². The van der Waals surface area contributed by atoms with Crippen LogP contribution in [0.2, 0.25) is 0 Å². The summed E-state index contributed by atoms with van der Waals surface area (Å²) >= 11 is 1.69. The molecule has 36 heavy (non-hydrogen) atoms. The summed E-state index contributed by atoms with van der Waals surface area (Å²) in [5.41, 5.74) is 3.47. The van der Waals surface area contributed by atoms with Gasteiger partial charge in [0.25, 0.3) is 0 Å². The molecule has 0 saturated heterocycles. The molecule has 1 aliphatic heterocycles. The Hall–Kier alpha value is -3.38. The van der Waals surface area contributed by atoms with Gasteiger partial charge in [-0.2, -0.15) is 4.98 Å². The first-order chi connectivity index (χ1) is 17.6. The van der Waals surface area contributed by atoms with Crippen LogP contribution in [0.15, 0.2) is 82.6 Å². The van der Waals surface area contributed by atoms with Crippen molar-refractivity contribution in [3.63, 3.8) is 0 Å². The van der Waals surface area contributed by atoms with Gasteiger partial charge in [0.05, 0.1) is 22.1 Å². The van der Waals surface area contributed by atoms with Crippen molar-refractivity contribution in [3.05, 3.63) is 94.5 Å². The third kappa shape index (κ3) is 3.75. The summed E-state index contributed by atoms with van der Waals surface area (Å²) in [4.78, 5) is 31.6. The van der Waals surface area contributed by atoms with Crippen LogP contribution >= 0.6 is 11.8 Å². The number of benzene rings is 3. The van der Waals surface area contributed by atoms with Crippen molar-refractivity contribution in [3.8, 4) is 11.1 Å². The molecular formula is C30H28N2O3S. The summed E-state index contributed by atoms with van der Waals surface area (Å²) in [5.74, 6) is -0.324. The van der Waals surface area contributed by atoms with Crippen LogP contribution in [0.25, 0.3) is 21.9 Å². The van der Waals surface area contributed by atoms with Crippen molar-refractivity contribution in [1.82, 2.24) is 9.55 Å². The molecular weight excluding hydrogens is 468 g/mol. The van der Waals surface area contributed by atoms with Crippen molar-refractivity contribution in [2.24, 2.45) is 0 Å². The van der Waals surface area contributed by atoms with Crippen LogP contribution < -0.4 is 5.69 Å². The van der Waals surface area contributed by atoms with E-state index in [2.05, 4.69) is 47.4 Å². The molecule has 182 valence electrons. The van der Waals surface area contributed by atoms with E-state index in [4.69, 9.17) is 4.74 Å². The highest BCUT2D eigenvalue weighted by Gasteiger charge is 2.54. The lowest BCUT2D eigenvalue weighted by Crippen LogP contribution is -2.40. The number of hydrogen-bond donors (Lipinski definition) is 0. The lowest BCUT2D eigenvalue weighted by molar-refractivity contribution is -0.148. The van der Waals surface area contributed by atoms with Gasteiger partial charge in [-0.3, -0.25) is 4.57 Å². The quantitative estimate of drug-likeness (QED) is 0.244. The molecule has 1 atom stereocenters. The molecule has 1 fully saturated rings. The first kappa shape index (κ1) is 23.0. The summed E-state index contributed by atoms with van der Waals surface area (Å²) in [6.07, 6.45) is 4.39. The zero-order valence-corrected chi connectivity index (χ0v) is 21.1. The van der Waals surface area contributed by atoms with Crippen molar-refractivity contribution in [2.75, 3.05) is 6.61 Å². The Bertz CT molecular complexity index is 1500. The van der Waals surface area contributed by atoms with Gasteiger partial charge in [0.2, 0.25) is 0 Å². The molecule has 0 N–H and O–H groups in total. The van der Waals surface area contributed by atoms with Gasteiger partial charge >= 0.3 is 11.7 Å². The van der Waals surface area contributed by atoms with E-state index < -0.39 is 6.04 Å². The molecule has 3 aromatic carbocycles. The second-order valence-corrected chi connectivity index (χ2v) is 11.0. The molecule has 1 aromatic heterocycles. The molecule has 0 amide bonds. The van der Waals surface area contributed by atoms with E-state index in [0.717, 1.165) is 63.9 Å². The first-order valence-electron chi connectivity index (χ1n) is 12.6. The molecule has 1 unspecified atom stereocenters. The Kier molecular flexibility index (Phi) is 5.92. The lowest BCUT2D eigenvalue weighted by Gasteiger charge is -2.28. The van der Waals surface area contributed by atoms with Crippen molar-refractivity contribution in [1.29, 1.82) is 0 Å².